The van der Waals surface area contributed by atoms with E-state index in [2.05, 4.69) is 41.2 Å². The first-order valence-corrected chi connectivity index (χ1v) is 14.3. The SMILES string of the molecule is C=CC(=O)C(C)(CC)OCCC(CC)(CC)OCC(CO)(COC(C)(CC)CCO)CC(CC)CC. The number of aliphatic hydroxyl groups is 2. The van der Waals surface area contributed by atoms with Crippen LogP contribution in [0.15, 0.2) is 12.7 Å². The van der Waals surface area contributed by atoms with Crippen LogP contribution in [0.2, 0.25) is 0 Å². The lowest BCUT2D eigenvalue weighted by atomic mass is 9.78. The number of carbonyl (C=O) groups excluding carboxylic acids is 1. The molecule has 0 saturated carbocycles. The van der Waals surface area contributed by atoms with Crippen LogP contribution in [-0.2, 0) is 19.0 Å². The van der Waals surface area contributed by atoms with Crippen molar-refractivity contribution in [3.05, 3.63) is 12.7 Å². The van der Waals surface area contributed by atoms with E-state index < -0.39 is 22.2 Å². The van der Waals surface area contributed by atoms with E-state index >= 15 is 0 Å². The van der Waals surface area contributed by atoms with Crippen LogP contribution in [0.25, 0.3) is 0 Å². The summed E-state index contributed by atoms with van der Waals surface area (Å²) in [6, 6.07) is 0. The van der Waals surface area contributed by atoms with Gasteiger partial charge in [0.25, 0.3) is 0 Å². The van der Waals surface area contributed by atoms with Crippen molar-refractivity contribution in [3.8, 4) is 0 Å². The zero-order valence-corrected chi connectivity index (χ0v) is 24.8. The molecule has 0 fully saturated rings. The maximum Gasteiger partial charge on any atom is 0.186 e. The van der Waals surface area contributed by atoms with E-state index in [1.54, 1.807) is 0 Å². The lowest BCUT2D eigenvalue weighted by Gasteiger charge is -2.42. The summed E-state index contributed by atoms with van der Waals surface area (Å²) in [5.41, 5.74) is -2.26. The minimum atomic E-state index is -0.871. The highest BCUT2D eigenvalue weighted by Gasteiger charge is 2.39. The van der Waals surface area contributed by atoms with E-state index in [4.69, 9.17) is 14.2 Å². The van der Waals surface area contributed by atoms with Gasteiger partial charge < -0.3 is 24.4 Å². The standard InChI is InChI=1S/C30H58O6/c1-10-25(11-2)21-29(22-32,23-35-27(8,13-4)17-19-31)24-36-30(15-6,16-7)18-20-34-28(9,14-5)26(33)12-3/h12,25,31-32H,3,10-11,13-24H2,1-2,4-9H3. The summed E-state index contributed by atoms with van der Waals surface area (Å²) in [5, 5.41) is 20.2. The molecular weight excluding hydrogens is 456 g/mol. The van der Waals surface area contributed by atoms with Gasteiger partial charge in [-0.15, -0.1) is 0 Å². The fourth-order valence-corrected chi connectivity index (χ4v) is 4.63. The zero-order chi connectivity index (χ0) is 27.9. The van der Waals surface area contributed by atoms with E-state index in [-0.39, 0.29) is 19.0 Å². The van der Waals surface area contributed by atoms with Gasteiger partial charge in [0.1, 0.15) is 5.60 Å². The molecule has 0 aromatic rings. The smallest absolute Gasteiger partial charge is 0.186 e. The van der Waals surface area contributed by atoms with Gasteiger partial charge in [-0.05, 0) is 70.8 Å². The lowest BCUT2D eigenvalue weighted by molar-refractivity contribution is -0.163. The molecule has 0 aliphatic carbocycles. The molecule has 0 aliphatic heterocycles. The molecule has 3 unspecified atom stereocenters. The second-order valence-electron chi connectivity index (χ2n) is 11.0. The lowest BCUT2D eigenvalue weighted by Crippen LogP contribution is -2.46. The molecule has 0 rings (SSSR count). The maximum absolute atomic E-state index is 12.3. The molecule has 0 heterocycles. The van der Waals surface area contributed by atoms with Crippen molar-refractivity contribution >= 4 is 5.78 Å². The Morgan fingerprint density at radius 1 is 0.861 bits per heavy atom. The van der Waals surface area contributed by atoms with Crippen LogP contribution in [0.3, 0.4) is 0 Å². The van der Waals surface area contributed by atoms with Gasteiger partial charge in [-0.3, -0.25) is 4.79 Å². The Balaban J connectivity index is 5.71. The molecule has 0 spiro atoms. The fourth-order valence-electron chi connectivity index (χ4n) is 4.63. The average Bonchev–Trinajstić information content (AvgIpc) is 2.91. The summed E-state index contributed by atoms with van der Waals surface area (Å²) in [6.07, 6.45) is 8.40. The highest BCUT2D eigenvalue weighted by Crippen LogP contribution is 2.36. The Morgan fingerprint density at radius 3 is 1.86 bits per heavy atom. The van der Waals surface area contributed by atoms with Crippen LogP contribution in [0.1, 0.15) is 113 Å². The Kier molecular flexibility index (Phi) is 16.6. The molecule has 0 aliphatic rings. The summed E-state index contributed by atoms with van der Waals surface area (Å²) in [6.45, 7) is 21.3. The van der Waals surface area contributed by atoms with Gasteiger partial charge in [0.15, 0.2) is 5.78 Å². The predicted octanol–water partition coefficient (Wildman–Crippen LogP) is 6.27. The largest absolute Gasteiger partial charge is 0.396 e. The van der Waals surface area contributed by atoms with Crippen LogP contribution < -0.4 is 0 Å². The first-order valence-electron chi connectivity index (χ1n) is 14.3. The van der Waals surface area contributed by atoms with E-state index in [0.29, 0.717) is 45.0 Å². The van der Waals surface area contributed by atoms with Gasteiger partial charge in [0, 0.05) is 12.0 Å². The van der Waals surface area contributed by atoms with Crippen LogP contribution in [0, 0.1) is 11.3 Å². The van der Waals surface area contributed by atoms with Crippen LogP contribution in [0.4, 0.5) is 0 Å². The average molecular weight is 515 g/mol. The molecule has 3 atom stereocenters. The summed E-state index contributed by atoms with van der Waals surface area (Å²) in [4.78, 5) is 12.3. The number of aliphatic hydroxyl groups excluding tert-OH is 2. The Labute approximate surface area is 222 Å². The van der Waals surface area contributed by atoms with Crippen molar-refractivity contribution in [1.82, 2.24) is 0 Å². The van der Waals surface area contributed by atoms with Gasteiger partial charge in [0.2, 0.25) is 0 Å². The zero-order valence-electron chi connectivity index (χ0n) is 24.8. The number of hydrogen-bond acceptors (Lipinski definition) is 6. The summed E-state index contributed by atoms with van der Waals surface area (Å²) in [5.74, 6) is 0.360. The van der Waals surface area contributed by atoms with Crippen LogP contribution in [0.5, 0.6) is 0 Å². The molecule has 0 radical (unpaired) electrons. The van der Waals surface area contributed by atoms with Crippen molar-refractivity contribution in [2.24, 2.45) is 11.3 Å². The predicted molar refractivity (Wildman–Crippen MR) is 148 cm³/mol. The first kappa shape index (κ1) is 35.2. The van der Waals surface area contributed by atoms with Gasteiger partial charge in [-0.25, -0.2) is 0 Å². The molecule has 0 saturated heterocycles. The number of ether oxygens (including phenoxy) is 3. The molecule has 6 heteroatoms. The minimum Gasteiger partial charge on any atom is -0.396 e. The highest BCUT2D eigenvalue weighted by molar-refractivity contribution is 5.96. The molecule has 2 N–H and O–H groups in total. The first-order chi connectivity index (χ1) is 17.0. The molecule has 36 heavy (non-hydrogen) atoms. The Bertz CT molecular complexity index is 615. The van der Waals surface area contributed by atoms with Gasteiger partial charge in [-0.1, -0.05) is 61.0 Å². The fraction of sp³-hybridized carbons (Fsp3) is 0.900. The van der Waals surface area contributed by atoms with E-state index in [9.17, 15) is 15.0 Å². The van der Waals surface area contributed by atoms with Gasteiger partial charge in [-0.2, -0.15) is 0 Å². The van der Waals surface area contributed by atoms with Crippen molar-refractivity contribution in [2.75, 3.05) is 33.0 Å². The summed E-state index contributed by atoms with van der Waals surface area (Å²) >= 11 is 0. The summed E-state index contributed by atoms with van der Waals surface area (Å²) in [7, 11) is 0. The number of ketones is 1. The second kappa shape index (κ2) is 16.9. The normalized spacial score (nSPS) is 17.4. The van der Waals surface area contributed by atoms with E-state index in [1.807, 2.05) is 20.8 Å². The molecule has 0 aromatic carbocycles. The molecule has 0 amide bonds. The highest BCUT2D eigenvalue weighted by atomic mass is 16.5. The number of hydrogen-bond donors (Lipinski definition) is 2. The number of carbonyl (C=O) groups is 1. The molecule has 214 valence electrons. The van der Waals surface area contributed by atoms with Crippen molar-refractivity contribution in [2.45, 2.75) is 130 Å². The molecule has 0 aromatic heterocycles. The van der Waals surface area contributed by atoms with Crippen LogP contribution >= 0.6 is 0 Å². The topological polar surface area (TPSA) is 85.2 Å². The second-order valence-corrected chi connectivity index (χ2v) is 11.0. The third kappa shape index (κ3) is 10.5. The van der Waals surface area contributed by atoms with Gasteiger partial charge in [0.05, 0.1) is 37.6 Å². The number of rotatable bonds is 23. The molecule has 0 bridgehead atoms. The third-order valence-electron chi connectivity index (χ3n) is 8.66. The van der Waals surface area contributed by atoms with Crippen LogP contribution in [-0.4, -0.2) is 65.8 Å². The monoisotopic (exact) mass is 514 g/mol. The van der Waals surface area contributed by atoms with E-state index in [1.165, 1.54) is 6.08 Å². The van der Waals surface area contributed by atoms with Gasteiger partial charge >= 0.3 is 0 Å². The Hall–Kier alpha value is -0.790. The minimum absolute atomic E-state index is 0.0236. The van der Waals surface area contributed by atoms with Crippen molar-refractivity contribution in [3.63, 3.8) is 0 Å². The quantitative estimate of drug-likeness (QED) is 0.156. The third-order valence-corrected chi connectivity index (χ3v) is 8.66. The maximum atomic E-state index is 12.3. The Morgan fingerprint density at radius 2 is 1.44 bits per heavy atom. The molecule has 6 nitrogen and oxygen atoms in total. The molecular formula is C30H58O6. The van der Waals surface area contributed by atoms with Crippen molar-refractivity contribution in [1.29, 1.82) is 0 Å². The van der Waals surface area contributed by atoms with Crippen molar-refractivity contribution < 1.29 is 29.2 Å². The van der Waals surface area contributed by atoms with E-state index in [0.717, 1.165) is 38.5 Å². The summed E-state index contributed by atoms with van der Waals surface area (Å²) < 4.78 is 19.2.